The van der Waals surface area contributed by atoms with Crippen molar-refractivity contribution in [1.82, 2.24) is 25.0 Å². The SMILES string of the molecule is Cc1ccc([C@H]2Nc3cc(F)cc4c(=O)[nH]nc(c34)[C@@H]2c2ncnn2C)cc1.[HH].[HH]. The Labute approximate surface area is 162 Å². The van der Waals surface area contributed by atoms with Crippen LogP contribution in [-0.2, 0) is 7.05 Å². The predicted molar refractivity (Wildman–Crippen MR) is 107 cm³/mol. The first-order valence-electron chi connectivity index (χ1n) is 8.92. The highest BCUT2D eigenvalue weighted by Gasteiger charge is 2.37. The Kier molecular flexibility index (Phi) is 3.55. The molecular weight excluding hydrogens is 359 g/mol. The molecule has 0 radical (unpaired) electrons. The molecule has 0 saturated heterocycles. The third kappa shape index (κ3) is 2.41. The third-order valence-corrected chi connectivity index (χ3v) is 5.28. The second-order valence-corrected chi connectivity index (χ2v) is 7.07. The van der Waals surface area contributed by atoms with Crippen molar-refractivity contribution in [3.05, 3.63) is 81.5 Å². The Morgan fingerprint density at radius 1 is 1.21 bits per heavy atom. The van der Waals surface area contributed by atoms with E-state index < -0.39 is 11.4 Å². The summed E-state index contributed by atoms with van der Waals surface area (Å²) in [5.41, 5.74) is 2.92. The number of hydrogen-bond donors (Lipinski definition) is 2. The first-order valence-corrected chi connectivity index (χ1v) is 8.92. The molecule has 0 spiro atoms. The van der Waals surface area contributed by atoms with Gasteiger partial charge in [0.15, 0.2) is 0 Å². The number of nitrogens with zero attached hydrogens (tertiary/aromatic N) is 4. The van der Waals surface area contributed by atoms with Crippen molar-refractivity contribution < 1.29 is 7.24 Å². The van der Waals surface area contributed by atoms with Crippen LogP contribution in [0.1, 0.15) is 37.5 Å². The fourth-order valence-electron chi connectivity index (χ4n) is 3.94. The zero-order valence-corrected chi connectivity index (χ0v) is 15.3. The maximum Gasteiger partial charge on any atom is 0.272 e. The van der Waals surface area contributed by atoms with Crippen LogP contribution in [-0.4, -0.2) is 25.0 Å². The topological polar surface area (TPSA) is 88.5 Å². The molecule has 144 valence electrons. The molecule has 2 aromatic heterocycles. The first kappa shape index (κ1) is 16.6. The quantitative estimate of drug-likeness (QED) is 0.557. The molecule has 1 aliphatic heterocycles. The number of anilines is 1. The summed E-state index contributed by atoms with van der Waals surface area (Å²) >= 11 is 0. The number of rotatable bonds is 2. The van der Waals surface area contributed by atoms with E-state index in [0.29, 0.717) is 22.6 Å². The van der Waals surface area contributed by atoms with Crippen LogP contribution in [0.15, 0.2) is 47.5 Å². The Bertz CT molecular complexity index is 1270. The number of nitrogens with one attached hydrogen (secondary N) is 2. The van der Waals surface area contributed by atoms with Gasteiger partial charge in [-0.25, -0.2) is 14.5 Å². The van der Waals surface area contributed by atoms with Gasteiger partial charge in [-0.1, -0.05) is 29.8 Å². The van der Waals surface area contributed by atoms with Crippen LogP contribution in [0.2, 0.25) is 0 Å². The molecule has 2 N–H and O–H groups in total. The molecule has 0 aliphatic carbocycles. The van der Waals surface area contributed by atoms with E-state index in [1.807, 2.05) is 38.2 Å². The van der Waals surface area contributed by atoms with E-state index in [4.69, 9.17) is 0 Å². The van der Waals surface area contributed by atoms with E-state index in [9.17, 15) is 9.18 Å². The van der Waals surface area contributed by atoms with E-state index in [1.165, 1.54) is 18.5 Å². The van der Waals surface area contributed by atoms with Gasteiger partial charge in [0.1, 0.15) is 18.0 Å². The number of H-pyrrole nitrogens is 1. The van der Waals surface area contributed by atoms with Crippen molar-refractivity contribution in [2.24, 2.45) is 7.05 Å². The highest BCUT2D eigenvalue weighted by molar-refractivity contribution is 5.97. The lowest BCUT2D eigenvalue weighted by atomic mass is 9.83. The summed E-state index contributed by atoms with van der Waals surface area (Å²) in [6.45, 7) is 2.02. The minimum absolute atomic E-state index is 0. The van der Waals surface area contributed by atoms with Crippen molar-refractivity contribution >= 4 is 16.5 Å². The van der Waals surface area contributed by atoms with Gasteiger partial charge in [0, 0.05) is 21.0 Å². The summed E-state index contributed by atoms with van der Waals surface area (Å²) in [6.07, 6.45) is 1.49. The average Bonchev–Trinajstić information content (AvgIpc) is 3.10. The van der Waals surface area contributed by atoms with Gasteiger partial charge < -0.3 is 5.32 Å². The second kappa shape index (κ2) is 5.98. The Balaban J connectivity index is 0.00000128. The zero-order valence-electron chi connectivity index (χ0n) is 15.3. The molecule has 5 rings (SSSR count). The Morgan fingerprint density at radius 2 is 2.00 bits per heavy atom. The van der Waals surface area contributed by atoms with Crippen molar-refractivity contribution in [3.63, 3.8) is 0 Å². The summed E-state index contributed by atoms with van der Waals surface area (Å²) in [6, 6.07) is 10.5. The van der Waals surface area contributed by atoms with E-state index in [1.54, 1.807) is 4.68 Å². The number of aromatic nitrogens is 5. The van der Waals surface area contributed by atoms with Crippen LogP contribution in [0.3, 0.4) is 0 Å². The van der Waals surface area contributed by atoms with Gasteiger partial charge in [0.05, 0.1) is 23.0 Å². The molecule has 2 aromatic carbocycles. The maximum absolute atomic E-state index is 14.2. The summed E-state index contributed by atoms with van der Waals surface area (Å²) in [5, 5.41) is 15.4. The van der Waals surface area contributed by atoms with E-state index in [0.717, 1.165) is 11.1 Å². The van der Waals surface area contributed by atoms with Gasteiger partial charge >= 0.3 is 0 Å². The van der Waals surface area contributed by atoms with Gasteiger partial charge in [-0.2, -0.15) is 10.2 Å². The highest BCUT2D eigenvalue weighted by Crippen LogP contribution is 2.45. The molecular formula is C20H21FN6O. The standard InChI is InChI=1S/C20H17FN6O.2H2/c1-10-3-5-11(6-4-10)17-16(19-22-9-23-27(19)2)18-15-13(20(28)26-25-18)7-12(21)8-14(15)24-17;;/h3-9,16-17,24H,1-2H3,(H,26,28);2*1H/t16-,17-;;/m1../s1. The number of benzene rings is 2. The lowest BCUT2D eigenvalue weighted by molar-refractivity contribution is 0.564. The maximum atomic E-state index is 14.2. The molecule has 3 heterocycles. The Morgan fingerprint density at radius 3 is 2.71 bits per heavy atom. The molecule has 4 aromatic rings. The van der Waals surface area contributed by atoms with Gasteiger partial charge in [-0.3, -0.25) is 9.48 Å². The molecule has 0 amide bonds. The van der Waals surface area contributed by atoms with Crippen molar-refractivity contribution in [2.45, 2.75) is 18.9 Å². The van der Waals surface area contributed by atoms with E-state index in [-0.39, 0.29) is 20.2 Å². The Hall–Kier alpha value is -3.55. The van der Waals surface area contributed by atoms with Crippen LogP contribution in [0.25, 0.3) is 10.8 Å². The lowest BCUT2D eigenvalue weighted by Crippen LogP contribution is -2.30. The molecule has 28 heavy (non-hydrogen) atoms. The monoisotopic (exact) mass is 380 g/mol. The third-order valence-electron chi connectivity index (χ3n) is 5.28. The number of hydrogen-bond acceptors (Lipinski definition) is 5. The number of halogens is 1. The average molecular weight is 380 g/mol. The fraction of sp³-hybridized carbons (Fsp3) is 0.200. The summed E-state index contributed by atoms with van der Waals surface area (Å²) < 4.78 is 15.9. The van der Waals surface area contributed by atoms with E-state index in [2.05, 4.69) is 25.6 Å². The number of aryl methyl sites for hydroxylation is 2. The number of aromatic amines is 1. The summed E-state index contributed by atoms with van der Waals surface area (Å²) in [4.78, 5) is 16.7. The van der Waals surface area contributed by atoms with Gasteiger partial charge in [0.2, 0.25) is 0 Å². The smallest absolute Gasteiger partial charge is 0.272 e. The van der Waals surface area contributed by atoms with Gasteiger partial charge in [0.25, 0.3) is 5.56 Å². The van der Waals surface area contributed by atoms with Crippen LogP contribution in [0, 0.1) is 12.7 Å². The summed E-state index contributed by atoms with van der Waals surface area (Å²) in [7, 11) is 1.82. The normalized spacial score (nSPS) is 18.2. The largest absolute Gasteiger partial charge is 0.376 e. The van der Waals surface area contributed by atoms with Crippen LogP contribution >= 0.6 is 0 Å². The van der Waals surface area contributed by atoms with E-state index >= 15 is 0 Å². The minimum Gasteiger partial charge on any atom is -0.376 e. The zero-order chi connectivity index (χ0) is 19.4. The predicted octanol–water partition coefficient (Wildman–Crippen LogP) is 3.29. The highest BCUT2D eigenvalue weighted by atomic mass is 19.1. The lowest BCUT2D eigenvalue weighted by Gasteiger charge is -2.33. The minimum atomic E-state index is -0.475. The molecule has 2 atom stereocenters. The molecule has 0 fully saturated rings. The molecule has 0 bridgehead atoms. The molecule has 0 saturated carbocycles. The van der Waals surface area contributed by atoms with Crippen LogP contribution in [0.4, 0.5) is 10.1 Å². The molecule has 8 heteroatoms. The summed E-state index contributed by atoms with van der Waals surface area (Å²) in [5.74, 6) is -0.0844. The molecule has 7 nitrogen and oxygen atoms in total. The first-order chi connectivity index (χ1) is 13.5. The van der Waals surface area contributed by atoms with Crippen LogP contribution in [0.5, 0.6) is 0 Å². The molecule has 1 aliphatic rings. The van der Waals surface area contributed by atoms with Gasteiger partial charge in [-0.15, -0.1) is 0 Å². The van der Waals surface area contributed by atoms with Crippen LogP contribution < -0.4 is 10.9 Å². The van der Waals surface area contributed by atoms with Crippen molar-refractivity contribution in [1.29, 1.82) is 0 Å². The fourth-order valence-corrected chi connectivity index (χ4v) is 3.94. The van der Waals surface area contributed by atoms with Crippen molar-refractivity contribution in [3.8, 4) is 0 Å². The molecule has 0 unspecified atom stereocenters. The van der Waals surface area contributed by atoms with Gasteiger partial charge in [-0.05, 0) is 24.6 Å². The van der Waals surface area contributed by atoms with Crippen molar-refractivity contribution in [2.75, 3.05) is 5.32 Å². The second-order valence-electron chi connectivity index (χ2n) is 7.07.